The highest BCUT2D eigenvalue weighted by molar-refractivity contribution is 6.35. The maximum atomic E-state index is 14.8. The molecule has 1 aromatic heterocycles. The molecule has 5 rings (SSSR count). The van der Waals surface area contributed by atoms with Crippen LogP contribution in [0.15, 0.2) is 36.9 Å². The van der Waals surface area contributed by atoms with Crippen LogP contribution in [-0.4, -0.2) is 82.2 Å². The number of ether oxygens (including phenoxy) is 1. The van der Waals surface area contributed by atoms with Crippen LogP contribution in [0, 0.1) is 5.82 Å². The van der Waals surface area contributed by atoms with Gasteiger partial charge in [0.25, 0.3) is 5.91 Å². The topological polar surface area (TPSA) is 86.2 Å². The fourth-order valence-electron chi connectivity index (χ4n) is 5.39. The number of halogens is 2. The number of rotatable bonds is 3. The van der Waals surface area contributed by atoms with Crippen LogP contribution in [-0.2, 0) is 4.79 Å². The lowest BCUT2D eigenvalue weighted by Gasteiger charge is -2.40. The van der Waals surface area contributed by atoms with Gasteiger partial charge in [-0.2, -0.15) is 0 Å². The van der Waals surface area contributed by atoms with E-state index in [9.17, 15) is 19.1 Å². The van der Waals surface area contributed by atoms with Crippen molar-refractivity contribution in [1.82, 2.24) is 14.8 Å². The van der Waals surface area contributed by atoms with Crippen LogP contribution >= 0.6 is 11.6 Å². The Morgan fingerprint density at radius 2 is 2.06 bits per heavy atom. The van der Waals surface area contributed by atoms with E-state index in [1.165, 1.54) is 12.1 Å². The van der Waals surface area contributed by atoms with Gasteiger partial charge in [-0.25, -0.2) is 9.37 Å². The van der Waals surface area contributed by atoms with E-state index in [1.807, 2.05) is 18.7 Å². The zero-order valence-electron chi connectivity index (χ0n) is 20.2. The number of anilines is 1. The van der Waals surface area contributed by atoms with Gasteiger partial charge in [0.1, 0.15) is 28.8 Å². The number of fused-ring (bicyclic) bond motifs is 2. The Bertz CT molecular complexity index is 1250. The maximum absolute atomic E-state index is 14.8. The summed E-state index contributed by atoms with van der Waals surface area (Å²) in [5, 5.41) is 10.5. The molecule has 3 aliphatic rings. The summed E-state index contributed by atoms with van der Waals surface area (Å²) in [4.78, 5) is 36.2. The van der Waals surface area contributed by atoms with Crippen LogP contribution in [0.25, 0.3) is 11.3 Å². The molecular weight excluding hydrogens is 487 g/mol. The molecule has 2 aromatic rings. The van der Waals surface area contributed by atoms with Crippen molar-refractivity contribution >= 4 is 29.2 Å². The van der Waals surface area contributed by atoms with Crippen molar-refractivity contribution in [3.8, 4) is 17.0 Å². The molecule has 2 saturated heterocycles. The number of piperazine rings is 1. The summed E-state index contributed by atoms with van der Waals surface area (Å²) in [6.45, 7) is 8.79. The van der Waals surface area contributed by atoms with E-state index in [1.54, 1.807) is 28.0 Å². The van der Waals surface area contributed by atoms with Crippen molar-refractivity contribution in [2.24, 2.45) is 0 Å². The van der Waals surface area contributed by atoms with Crippen LogP contribution in [0.4, 0.5) is 10.2 Å². The lowest BCUT2D eigenvalue weighted by Crippen LogP contribution is -2.57. The van der Waals surface area contributed by atoms with Crippen molar-refractivity contribution in [2.75, 3.05) is 37.7 Å². The molecule has 190 valence electrons. The Hall–Kier alpha value is -3.17. The van der Waals surface area contributed by atoms with Crippen LogP contribution in [0.1, 0.15) is 30.6 Å². The first-order valence-corrected chi connectivity index (χ1v) is 12.3. The van der Waals surface area contributed by atoms with Crippen LogP contribution in [0.2, 0.25) is 5.02 Å². The van der Waals surface area contributed by atoms with Gasteiger partial charge < -0.3 is 24.5 Å². The van der Waals surface area contributed by atoms with Gasteiger partial charge in [0.15, 0.2) is 5.75 Å². The highest BCUT2D eigenvalue weighted by Gasteiger charge is 2.45. The van der Waals surface area contributed by atoms with Crippen molar-refractivity contribution in [2.45, 2.75) is 38.0 Å². The smallest absolute Gasteiger partial charge is 0.261 e. The predicted molar refractivity (Wildman–Crippen MR) is 134 cm³/mol. The van der Waals surface area contributed by atoms with E-state index in [0.29, 0.717) is 31.9 Å². The number of amides is 2. The van der Waals surface area contributed by atoms with Gasteiger partial charge in [0.05, 0.1) is 17.8 Å². The number of pyridine rings is 1. The number of carbonyl (C=O) groups excluding carboxylic acids is 2. The zero-order chi connectivity index (χ0) is 25.8. The molecule has 3 aliphatic heterocycles. The second-order valence-electron chi connectivity index (χ2n) is 10.0. The van der Waals surface area contributed by atoms with Crippen LogP contribution in [0.3, 0.4) is 0 Å². The quantitative estimate of drug-likeness (QED) is 0.633. The molecule has 1 N–H and O–H groups in total. The predicted octanol–water partition coefficient (Wildman–Crippen LogP) is 3.12. The third-order valence-electron chi connectivity index (χ3n) is 7.18. The molecule has 8 nitrogen and oxygen atoms in total. The number of aliphatic hydroxyl groups is 1. The number of hydrogen-bond acceptors (Lipinski definition) is 6. The molecule has 0 unspecified atom stereocenters. The molecule has 10 heteroatoms. The lowest BCUT2D eigenvalue weighted by atomic mass is 10.00. The molecule has 2 amide bonds. The Kier molecular flexibility index (Phi) is 6.16. The number of benzene rings is 1. The standard InChI is InChI=1S/C26H28ClFN4O4/c1-4-19(34)30-9-10-31-15(12-30)14-36-23-20(25(31)35)24(32-13-16(33)11-26(32,2)3)29-22(21(23)27)17-7-5-6-8-18(17)28/h4-8,15-16,33H,1,9-14H2,2-3H3/t15-,16-/m1/s1. The Balaban J connectivity index is 1.68. The van der Waals surface area contributed by atoms with E-state index in [-0.39, 0.29) is 52.6 Å². The molecule has 36 heavy (non-hydrogen) atoms. The highest BCUT2D eigenvalue weighted by Crippen LogP contribution is 2.46. The van der Waals surface area contributed by atoms with E-state index in [0.717, 1.165) is 0 Å². The summed E-state index contributed by atoms with van der Waals surface area (Å²) in [6.07, 6.45) is 1.11. The molecule has 0 aliphatic carbocycles. The van der Waals surface area contributed by atoms with Crippen molar-refractivity contribution in [3.63, 3.8) is 0 Å². The molecule has 0 radical (unpaired) electrons. The van der Waals surface area contributed by atoms with E-state index < -0.39 is 23.5 Å². The minimum atomic E-state index is -0.618. The van der Waals surface area contributed by atoms with Gasteiger partial charge in [-0.05, 0) is 38.5 Å². The van der Waals surface area contributed by atoms with Gasteiger partial charge in [0, 0.05) is 37.3 Å². The molecule has 2 atom stereocenters. The molecule has 0 saturated carbocycles. The highest BCUT2D eigenvalue weighted by atomic mass is 35.5. The first-order chi connectivity index (χ1) is 17.1. The van der Waals surface area contributed by atoms with Crippen LogP contribution in [0.5, 0.6) is 5.75 Å². The summed E-state index contributed by atoms with van der Waals surface area (Å²) in [6, 6.07) is 5.75. The number of β-amino-alcohol motifs (C(OH)–C–C–N with tert-alkyl or cyclic N) is 1. The average molecular weight is 515 g/mol. The van der Waals surface area contributed by atoms with Gasteiger partial charge in [-0.3, -0.25) is 9.59 Å². The van der Waals surface area contributed by atoms with E-state index >= 15 is 0 Å². The summed E-state index contributed by atoms with van der Waals surface area (Å²) < 4.78 is 21.0. The van der Waals surface area contributed by atoms with E-state index in [2.05, 4.69) is 6.58 Å². The Morgan fingerprint density at radius 3 is 2.72 bits per heavy atom. The summed E-state index contributed by atoms with van der Waals surface area (Å²) in [5.41, 5.74) is 0.0108. The summed E-state index contributed by atoms with van der Waals surface area (Å²) >= 11 is 6.78. The normalized spacial score (nSPS) is 23.0. The third-order valence-corrected chi connectivity index (χ3v) is 7.53. The fraction of sp³-hybridized carbons (Fsp3) is 0.423. The fourth-order valence-corrected chi connectivity index (χ4v) is 5.68. The third kappa shape index (κ3) is 4.00. The van der Waals surface area contributed by atoms with Gasteiger partial charge in [-0.15, -0.1) is 0 Å². The van der Waals surface area contributed by atoms with Crippen LogP contribution < -0.4 is 9.64 Å². The van der Waals surface area contributed by atoms with Gasteiger partial charge in [0.2, 0.25) is 5.91 Å². The van der Waals surface area contributed by atoms with Crippen molar-refractivity contribution in [3.05, 3.63) is 53.3 Å². The maximum Gasteiger partial charge on any atom is 0.261 e. The van der Waals surface area contributed by atoms with Crippen molar-refractivity contribution < 1.29 is 23.8 Å². The largest absolute Gasteiger partial charge is 0.489 e. The summed E-state index contributed by atoms with van der Waals surface area (Å²) in [5.74, 6) is -0.601. The first kappa shape index (κ1) is 24.5. The first-order valence-electron chi connectivity index (χ1n) is 11.9. The van der Waals surface area contributed by atoms with Gasteiger partial charge in [-0.1, -0.05) is 30.3 Å². The Labute approximate surface area is 213 Å². The van der Waals surface area contributed by atoms with Gasteiger partial charge >= 0.3 is 0 Å². The number of carbonyl (C=O) groups is 2. The molecule has 2 fully saturated rings. The number of nitrogens with zero attached hydrogens (tertiary/aromatic N) is 4. The van der Waals surface area contributed by atoms with E-state index in [4.69, 9.17) is 21.3 Å². The number of hydrogen-bond donors (Lipinski definition) is 1. The minimum absolute atomic E-state index is 0.0450. The second-order valence-corrected chi connectivity index (χ2v) is 10.4. The number of aromatic nitrogens is 1. The lowest BCUT2D eigenvalue weighted by molar-refractivity contribution is -0.128. The summed E-state index contributed by atoms with van der Waals surface area (Å²) in [7, 11) is 0. The average Bonchev–Trinajstić information content (AvgIpc) is 3.04. The second kappa shape index (κ2) is 9.05. The molecule has 0 spiro atoms. The SMILES string of the molecule is C=CC(=O)N1CCN2C(=O)c3c(N4C[C@H](O)CC4(C)C)nc(-c4ccccc4F)c(Cl)c3OC[C@H]2C1. The molecule has 4 heterocycles. The molecule has 0 bridgehead atoms. The van der Waals surface area contributed by atoms with Crippen molar-refractivity contribution in [1.29, 1.82) is 0 Å². The zero-order valence-corrected chi connectivity index (χ0v) is 21.0. The molecule has 1 aromatic carbocycles. The minimum Gasteiger partial charge on any atom is -0.489 e. The Morgan fingerprint density at radius 1 is 1.31 bits per heavy atom. The monoisotopic (exact) mass is 514 g/mol. The number of aliphatic hydroxyl groups excluding tert-OH is 1. The molecular formula is C26H28ClFN4O4.